The van der Waals surface area contributed by atoms with Crippen LogP contribution in [0.15, 0.2) is 89.8 Å². The van der Waals surface area contributed by atoms with Gasteiger partial charge in [-0.25, -0.2) is 5.01 Å². The molecule has 9 heteroatoms. The molecule has 3 aromatic carbocycles. The van der Waals surface area contributed by atoms with Crippen LogP contribution in [0.4, 0.5) is 5.69 Å². The number of carbonyl (C=O) groups excluding carboxylic acids is 3. The molecule has 0 saturated heterocycles. The second-order valence-corrected chi connectivity index (χ2v) is 9.74. The third kappa shape index (κ3) is 5.46. The number of nitrogens with one attached hydrogen (secondary N) is 2. The molecular weight excluding hydrogens is 490 g/mol. The third-order valence-corrected chi connectivity index (χ3v) is 7.34. The maximum atomic E-state index is 13.2. The number of ether oxygens (including phenoxy) is 2. The molecule has 2 aliphatic heterocycles. The summed E-state index contributed by atoms with van der Waals surface area (Å²) in [5.41, 5.74) is 6.45. The second kappa shape index (κ2) is 10.8. The van der Waals surface area contributed by atoms with E-state index in [0.717, 1.165) is 27.4 Å². The molecule has 8 nitrogen and oxygen atoms in total. The molecule has 2 amide bonds. The fraction of sp³-hybridized carbons (Fsp3) is 0.179. The van der Waals surface area contributed by atoms with Crippen LogP contribution in [0.25, 0.3) is 5.70 Å². The third-order valence-electron chi connectivity index (χ3n) is 6.07. The zero-order valence-corrected chi connectivity index (χ0v) is 20.9. The van der Waals surface area contributed by atoms with E-state index in [1.807, 2.05) is 84.9 Å². The maximum Gasteiger partial charge on any atom is 0.307 e. The summed E-state index contributed by atoms with van der Waals surface area (Å²) >= 11 is 1.31. The lowest BCUT2D eigenvalue weighted by molar-refractivity contribution is -0.153. The number of para-hydroxylation sites is 1. The van der Waals surface area contributed by atoms with Crippen LogP contribution in [0, 0.1) is 0 Å². The number of hydrogen-bond acceptors (Lipinski definition) is 7. The summed E-state index contributed by atoms with van der Waals surface area (Å²) in [5, 5.41) is 3.64. The molecule has 2 aliphatic rings. The van der Waals surface area contributed by atoms with E-state index < -0.39 is 29.8 Å². The number of nitrogens with zero attached hydrogens (tertiary/aromatic N) is 1. The number of rotatable bonds is 7. The van der Waals surface area contributed by atoms with E-state index in [-0.39, 0.29) is 12.3 Å². The Balaban J connectivity index is 1.25. The SMILES string of the molecule is COc1ccc([C@H]2C=C(c3ccccc3)NN2C(=O)COC(=O)C[C@@H]2Sc3ccccc3NC2=O)cc1. The molecular formula is C28H25N3O5S. The van der Waals surface area contributed by atoms with Crippen molar-refractivity contribution in [2.45, 2.75) is 22.6 Å². The van der Waals surface area contributed by atoms with Gasteiger partial charge >= 0.3 is 5.97 Å². The normalized spacial score (nSPS) is 18.2. The van der Waals surface area contributed by atoms with Gasteiger partial charge in [-0.2, -0.15) is 0 Å². The van der Waals surface area contributed by atoms with Crippen molar-refractivity contribution < 1.29 is 23.9 Å². The minimum absolute atomic E-state index is 0.138. The summed E-state index contributed by atoms with van der Waals surface area (Å²) in [6, 6.07) is 24.1. The molecule has 0 radical (unpaired) electrons. The number of hydrazine groups is 1. The van der Waals surface area contributed by atoms with E-state index in [2.05, 4.69) is 10.7 Å². The van der Waals surface area contributed by atoms with Crippen LogP contribution in [0.5, 0.6) is 5.75 Å². The Morgan fingerprint density at radius 1 is 0.973 bits per heavy atom. The molecule has 0 unspecified atom stereocenters. The first kappa shape index (κ1) is 24.5. The van der Waals surface area contributed by atoms with E-state index >= 15 is 0 Å². The van der Waals surface area contributed by atoms with Crippen LogP contribution in [0.1, 0.15) is 23.6 Å². The monoisotopic (exact) mass is 515 g/mol. The summed E-state index contributed by atoms with van der Waals surface area (Å²) in [6.07, 6.45) is 1.82. The Kier molecular flexibility index (Phi) is 7.14. The molecule has 0 saturated carbocycles. The molecule has 2 heterocycles. The highest BCUT2D eigenvalue weighted by atomic mass is 32.2. The van der Waals surface area contributed by atoms with Gasteiger partial charge < -0.3 is 14.8 Å². The molecule has 2 atom stereocenters. The zero-order chi connectivity index (χ0) is 25.8. The van der Waals surface area contributed by atoms with Crippen LogP contribution in [0.2, 0.25) is 0 Å². The Morgan fingerprint density at radius 3 is 2.46 bits per heavy atom. The summed E-state index contributed by atoms with van der Waals surface area (Å²) in [5.74, 6) is -0.579. The Morgan fingerprint density at radius 2 is 1.70 bits per heavy atom. The van der Waals surface area contributed by atoms with Crippen LogP contribution >= 0.6 is 11.8 Å². The van der Waals surface area contributed by atoms with E-state index in [1.165, 1.54) is 16.8 Å². The van der Waals surface area contributed by atoms with Crippen LogP contribution in [-0.4, -0.2) is 41.8 Å². The zero-order valence-electron chi connectivity index (χ0n) is 20.0. The van der Waals surface area contributed by atoms with Crippen molar-refractivity contribution in [3.8, 4) is 5.75 Å². The fourth-order valence-corrected chi connectivity index (χ4v) is 5.26. The number of benzene rings is 3. The summed E-state index contributed by atoms with van der Waals surface area (Å²) in [6.45, 7) is -0.454. The first-order valence-electron chi connectivity index (χ1n) is 11.7. The topological polar surface area (TPSA) is 97.0 Å². The summed E-state index contributed by atoms with van der Waals surface area (Å²) in [7, 11) is 1.60. The highest BCUT2D eigenvalue weighted by molar-refractivity contribution is 8.01. The molecule has 0 aromatic heterocycles. The van der Waals surface area contributed by atoms with Gasteiger partial charge in [0.25, 0.3) is 5.91 Å². The molecule has 3 aromatic rings. The number of amides is 2. The van der Waals surface area contributed by atoms with E-state index in [9.17, 15) is 14.4 Å². The summed E-state index contributed by atoms with van der Waals surface area (Å²) < 4.78 is 10.6. The van der Waals surface area contributed by atoms with Crippen molar-refractivity contribution in [1.82, 2.24) is 10.4 Å². The van der Waals surface area contributed by atoms with Crippen molar-refractivity contribution in [3.63, 3.8) is 0 Å². The Labute approximate surface area is 218 Å². The number of hydrogen-bond donors (Lipinski definition) is 2. The van der Waals surface area contributed by atoms with E-state index in [0.29, 0.717) is 5.75 Å². The van der Waals surface area contributed by atoms with Crippen molar-refractivity contribution in [2.24, 2.45) is 0 Å². The van der Waals surface area contributed by atoms with Gasteiger partial charge in [0.2, 0.25) is 5.91 Å². The molecule has 0 bridgehead atoms. The maximum absolute atomic E-state index is 13.2. The predicted octanol–water partition coefficient (Wildman–Crippen LogP) is 4.17. The van der Waals surface area contributed by atoms with Gasteiger partial charge in [0, 0.05) is 4.90 Å². The van der Waals surface area contributed by atoms with Gasteiger partial charge in [-0.3, -0.25) is 19.8 Å². The predicted molar refractivity (Wildman–Crippen MR) is 140 cm³/mol. The quantitative estimate of drug-likeness (QED) is 0.456. The average molecular weight is 516 g/mol. The van der Waals surface area contributed by atoms with Crippen molar-refractivity contribution >= 4 is 40.9 Å². The standard InChI is InChI=1S/C28H25N3O5S/c1-35-20-13-11-19(12-14-20)23-15-22(18-7-3-2-4-8-18)30-31(23)26(32)17-36-27(33)16-25-28(34)29-21-9-5-6-10-24(21)37-25/h2-15,23,25,30H,16-17H2,1H3,(H,29,34)/t23-,25+/m1/s1. The molecule has 188 valence electrons. The Bertz CT molecular complexity index is 1340. The van der Waals surface area contributed by atoms with Crippen LogP contribution in [0.3, 0.4) is 0 Å². The van der Waals surface area contributed by atoms with Crippen LogP contribution < -0.4 is 15.5 Å². The molecule has 0 aliphatic carbocycles. The second-order valence-electron chi connectivity index (χ2n) is 8.50. The number of thioether (sulfide) groups is 1. The largest absolute Gasteiger partial charge is 0.497 e. The lowest BCUT2D eigenvalue weighted by Gasteiger charge is -2.26. The van der Waals surface area contributed by atoms with E-state index in [4.69, 9.17) is 9.47 Å². The van der Waals surface area contributed by atoms with Crippen molar-refractivity contribution in [3.05, 3.63) is 96.1 Å². The van der Waals surface area contributed by atoms with Crippen molar-refractivity contribution in [2.75, 3.05) is 19.0 Å². The number of fused-ring (bicyclic) bond motifs is 1. The van der Waals surface area contributed by atoms with E-state index in [1.54, 1.807) is 7.11 Å². The van der Waals surface area contributed by atoms with Gasteiger partial charge in [0.05, 0.1) is 36.2 Å². The number of esters is 1. The summed E-state index contributed by atoms with van der Waals surface area (Å²) in [4.78, 5) is 39.1. The molecule has 5 rings (SSSR count). The average Bonchev–Trinajstić information content (AvgIpc) is 3.38. The molecule has 0 fully saturated rings. The number of anilines is 1. The first-order chi connectivity index (χ1) is 18.0. The van der Waals surface area contributed by atoms with Gasteiger partial charge in [-0.15, -0.1) is 11.8 Å². The number of carbonyl (C=O) groups is 3. The fourth-order valence-electron chi connectivity index (χ4n) is 4.16. The Hall–Kier alpha value is -4.24. The molecule has 37 heavy (non-hydrogen) atoms. The van der Waals surface area contributed by atoms with Gasteiger partial charge in [-0.1, -0.05) is 54.6 Å². The minimum Gasteiger partial charge on any atom is -0.497 e. The van der Waals surface area contributed by atoms with Crippen LogP contribution in [-0.2, 0) is 19.1 Å². The highest BCUT2D eigenvalue weighted by Crippen LogP contribution is 2.37. The lowest BCUT2D eigenvalue weighted by atomic mass is 10.0. The smallest absolute Gasteiger partial charge is 0.307 e. The van der Waals surface area contributed by atoms with Gasteiger partial charge in [0.1, 0.15) is 5.75 Å². The minimum atomic E-state index is -0.624. The lowest BCUT2D eigenvalue weighted by Crippen LogP contribution is -2.42. The molecule has 2 N–H and O–H groups in total. The van der Waals surface area contributed by atoms with Gasteiger partial charge in [-0.05, 0) is 41.5 Å². The van der Waals surface area contributed by atoms with Crippen molar-refractivity contribution in [1.29, 1.82) is 0 Å². The molecule has 0 spiro atoms. The highest BCUT2D eigenvalue weighted by Gasteiger charge is 2.33. The first-order valence-corrected chi connectivity index (χ1v) is 12.6. The number of methoxy groups -OCH3 is 1. The van der Waals surface area contributed by atoms with Gasteiger partial charge in [0.15, 0.2) is 6.61 Å².